The normalized spacial score (nSPS) is 19.0. The summed E-state index contributed by atoms with van der Waals surface area (Å²) in [6.45, 7) is 4.26. The van der Waals surface area contributed by atoms with Crippen molar-refractivity contribution in [3.63, 3.8) is 0 Å². The number of carbonyl (C=O) groups excluding carboxylic acids is 2. The zero-order valence-electron chi connectivity index (χ0n) is 24.0. The Hall–Kier alpha value is -4.70. The average molecular weight is 613 g/mol. The van der Waals surface area contributed by atoms with Crippen LogP contribution in [0.5, 0.6) is 0 Å². The molecule has 0 saturated carbocycles. The summed E-state index contributed by atoms with van der Waals surface area (Å²) in [5.41, 5.74) is 1.27. The second-order valence-electron chi connectivity index (χ2n) is 10.9. The van der Waals surface area contributed by atoms with E-state index in [2.05, 4.69) is 31.0 Å². The highest BCUT2D eigenvalue weighted by atomic mass is 19.4. The number of hydrogen-bond acceptors (Lipinski definition) is 8. The van der Waals surface area contributed by atoms with E-state index >= 15 is 0 Å². The zero-order valence-corrected chi connectivity index (χ0v) is 24.0. The van der Waals surface area contributed by atoms with Gasteiger partial charge in [-0.3, -0.25) is 13.9 Å². The molecule has 4 N–H and O–H groups in total. The molecule has 2 aliphatic heterocycles. The number of imidazole rings is 1. The number of nitrogens with one attached hydrogen (secondary N) is 3. The van der Waals surface area contributed by atoms with Crippen molar-refractivity contribution >= 4 is 29.1 Å². The molecule has 4 aromatic rings. The van der Waals surface area contributed by atoms with Gasteiger partial charge in [0.25, 0.3) is 5.91 Å². The van der Waals surface area contributed by atoms with Crippen molar-refractivity contribution in [2.45, 2.75) is 25.2 Å². The summed E-state index contributed by atoms with van der Waals surface area (Å²) in [5.74, 6) is 0.171. The number of piperazine rings is 1. The number of halogens is 3. The Morgan fingerprint density at radius 2 is 1.84 bits per heavy atom. The molecule has 0 unspecified atom stereocenters. The number of fused-ring (bicyclic) bond motifs is 1. The van der Waals surface area contributed by atoms with Gasteiger partial charge in [0, 0.05) is 76.2 Å². The first-order chi connectivity index (χ1) is 21.0. The van der Waals surface area contributed by atoms with E-state index in [9.17, 15) is 27.9 Å². The van der Waals surface area contributed by atoms with Crippen LogP contribution < -0.4 is 16.0 Å². The van der Waals surface area contributed by atoms with Crippen LogP contribution in [0, 0.1) is 6.92 Å². The maximum Gasteiger partial charge on any atom is 0.435 e. The minimum atomic E-state index is -4.63. The smallest absolute Gasteiger partial charge is 0.390 e. The van der Waals surface area contributed by atoms with E-state index in [4.69, 9.17) is 0 Å². The van der Waals surface area contributed by atoms with E-state index in [1.54, 1.807) is 28.0 Å². The van der Waals surface area contributed by atoms with Gasteiger partial charge in [0.1, 0.15) is 0 Å². The SMILES string of the molecule is Cc1cc(Nc2nccn3c(-c4cn(C)nc4C(F)(F)F)cnc23)ccc1C(=O)N1CCN(C(=O)N[C@H]2CNC[C@@H]2O)CC1. The molecule has 3 amide bonds. The molecule has 16 heteroatoms. The van der Waals surface area contributed by atoms with Gasteiger partial charge in [-0.2, -0.15) is 18.3 Å². The molecule has 232 valence electrons. The molecule has 2 aliphatic rings. The van der Waals surface area contributed by atoms with Gasteiger partial charge in [0.2, 0.25) is 0 Å². The number of aryl methyl sites for hydroxylation is 2. The minimum Gasteiger partial charge on any atom is -0.390 e. The first kappa shape index (κ1) is 29.4. The number of aliphatic hydroxyl groups excluding tert-OH is 1. The Bertz CT molecular complexity index is 1710. The van der Waals surface area contributed by atoms with Gasteiger partial charge in [-0.15, -0.1) is 0 Å². The van der Waals surface area contributed by atoms with E-state index in [-0.39, 0.29) is 29.2 Å². The van der Waals surface area contributed by atoms with Crippen LogP contribution in [-0.2, 0) is 13.2 Å². The molecule has 2 saturated heterocycles. The van der Waals surface area contributed by atoms with Crippen LogP contribution in [0.3, 0.4) is 0 Å². The summed E-state index contributed by atoms with van der Waals surface area (Å²) in [4.78, 5) is 37.9. The summed E-state index contributed by atoms with van der Waals surface area (Å²) in [7, 11) is 1.42. The number of urea groups is 1. The molecule has 2 fully saturated rings. The number of carbonyl (C=O) groups is 2. The van der Waals surface area contributed by atoms with Gasteiger partial charge in [-0.1, -0.05) is 0 Å². The van der Waals surface area contributed by atoms with Crippen LogP contribution in [0.25, 0.3) is 16.9 Å². The topological polar surface area (TPSA) is 145 Å². The van der Waals surface area contributed by atoms with E-state index in [0.717, 1.165) is 4.68 Å². The highest BCUT2D eigenvalue weighted by Crippen LogP contribution is 2.36. The van der Waals surface area contributed by atoms with Crippen LogP contribution >= 0.6 is 0 Å². The van der Waals surface area contributed by atoms with Crippen LogP contribution in [0.1, 0.15) is 21.6 Å². The van der Waals surface area contributed by atoms with Crippen molar-refractivity contribution in [1.82, 2.24) is 44.6 Å². The number of β-amino-alcohol motifs (C(OH)–C–C–N with tert-alkyl or cyclic N) is 1. The Balaban J connectivity index is 1.13. The zero-order chi connectivity index (χ0) is 31.2. The average Bonchev–Trinajstić information content (AvgIpc) is 3.71. The summed E-state index contributed by atoms with van der Waals surface area (Å²) in [6, 6.07) is 4.62. The van der Waals surface area contributed by atoms with Crippen molar-refractivity contribution in [2.24, 2.45) is 7.05 Å². The summed E-state index contributed by atoms with van der Waals surface area (Å²) >= 11 is 0. The molecular weight excluding hydrogens is 581 g/mol. The van der Waals surface area contributed by atoms with Gasteiger partial charge in [0.05, 0.1) is 29.6 Å². The largest absolute Gasteiger partial charge is 0.435 e. The van der Waals surface area contributed by atoms with Crippen molar-refractivity contribution in [3.8, 4) is 11.3 Å². The molecule has 5 heterocycles. The quantitative estimate of drug-likeness (QED) is 0.268. The fourth-order valence-corrected chi connectivity index (χ4v) is 5.56. The lowest BCUT2D eigenvalue weighted by molar-refractivity contribution is -0.141. The number of amides is 3. The van der Waals surface area contributed by atoms with Gasteiger partial charge in [-0.05, 0) is 30.7 Å². The Labute approximate surface area is 249 Å². The van der Waals surface area contributed by atoms with Crippen molar-refractivity contribution in [3.05, 3.63) is 59.8 Å². The molecule has 13 nitrogen and oxygen atoms in total. The molecule has 0 spiro atoms. The highest BCUT2D eigenvalue weighted by Gasteiger charge is 2.38. The second kappa shape index (κ2) is 11.4. The summed E-state index contributed by atoms with van der Waals surface area (Å²) < 4.78 is 43.5. The lowest BCUT2D eigenvalue weighted by Gasteiger charge is -2.35. The van der Waals surface area contributed by atoms with Crippen molar-refractivity contribution in [2.75, 3.05) is 44.6 Å². The van der Waals surface area contributed by atoms with Gasteiger partial charge in [-0.25, -0.2) is 14.8 Å². The first-order valence-electron chi connectivity index (χ1n) is 14.0. The molecule has 44 heavy (non-hydrogen) atoms. The van der Waals surface area contributed by atoms with Gasteiger partial charge < -0.3 is 30.9 Å². The van der Waals surface area contributed by atoms with Crippen molar-refractivity contribution < 1.29 is 27.9 Å². The van der Waals surface area contributed by atoms with Crippen LogP contribution in [0.15, 0.2) is 43.0 Å². The summed E-state index contributed by atoms with van der Waals surface area (Å²) in [6.07, 6.45) is 0.378. The van der Waals surface area contributed by atoms with E-state index < -0.39 is 18.0 Å². The number of hydrogen-bond donors (Lipinski definition) is 4. The Kier molecular flexibility index (Phi) is 7.63. The number of alkyl halides is 3. The monoisotopic (exact) mass is 612 g/mol. The highest BCUT2D eigenvalue weighted by molar-refractivity contribution is 5.96. The number of aromatic nitrogens is 5. The third kappa shape index (κ3) is 5.65. The fraction of sp³-hybridized carbons (Fsp3) is 0.393. The molecule has 0 aliphatic carbocycles. The number of nitrogens with zero attached hydrogens (tertiary/aromatic N) is 7. The lowest BCUT2D eigenvalue weighted by Crippen LogP contribution is -2.56. The van der Waals surface area contributed by atoms with E-state index in [0.29, 0.717) is 67.5 Å². The van der Waals surface area contributed by atoms with Crippen LogP contribution in [0.4, 0.5) is 29.5 Å². The molecule has 0 bridgehead atoms. The second-order valence-corrected chi connectivity index (χ2v) is 10.9. The van der Waals surface area contributed by atoms with Crippen LogP contribution in [0.2, 0.25) is 0 Å². The maximum absolute atomic E-state index is 13.6. The molecular formula is C28H31F3N10O3. The third-order valence-corrected chi connectivity index (χ3v) is 7.87. The maximum atomic E-state index is 13.6. The summed E-state index contributed by atoms with van der Waals surface area (Å²) in [5, 5.41) is 22.6. The number of aliphatic hydroxyl groups is 1. The first-order valence-corrected chi connectivity index (χ1v) is 14.0. The van der Waals surface area contributed by atoms with Gasteiger partial charge >= 0.3 is 12.2 Å². The number of rotatable bonds is 5. The molecule has 1 aromatic carbocycles. The van der Waals surface area contributed by atoms with E-state index in [1.165, 1.54) is 36.2 Å². The fourth-order valence-electron chi connectivity index (χ4n) is 5.56. The third-order valence-electron chi connectivity index (χ3n) is 7.87. The van der Waals surface area contributed by atoms with Crippen molar-refractivity contribution in [1.29, 1.82) is 0 Å². The molecule has 6 rings (SSSR count). The standard InChI is InChI=1S/C28H31F3N10O3/c1-16-11-17(3-4-18(16)26(43)39-7-9-40(10-8-39)27(44)36-20-12-32-14-22(20)42)35-24-25-34-13-21(41(25)6-5-33-24)19-15-38(2)37-23(19)28(29,30)31/h3-6,11,13,15,20,22,32,42H,7-10,12,14H2,1-2H3,(H,33,35)(H,36,44)/t20-,22-/m0/s1. The Morgan fingerprint density at radius 3 is 2.52 bits per heavy atom. The van der Waals surface area contributed by atoms with Crippen LogP contribution in [-0.4, -0.2) is 102 Å². The molecule has 0 radical (unpaired) electrons. The molecule has 2 atom stereocenters. The van der Waals surface area contributed by atoms with E-state index in [1.807, 2.05) is 6.92 Å². The molecule has 3 aromatic heterocycles. The predicted octanol–water partition coefficient (Wildman–Crippen LogP) is 2.00. The minimum absolute atomic E-state index is 0.102. The van der Waals surface area contributed by atoms with Gasteiger partial charge in [0.15, 0.2) is 17.2 Å². The number of anilines is 2. The lowest BCUT2D eigenvalue weighted by atomic mass is 10.1. The predicted molar refractivity (Wildman–Crippen MR) is 153 cm³/mol. The Morgan fingerprint density at radius 1 is 1.09 bits per heavy atom. The number of benzene rings is 1.